The molecule has 0 aromatic rings. The van der Waals surface area contributed by atoms with Crippen molar-refractivity contribution in [3.63, 3.8) is 0 Å². The van der Waals surface area contributed by atoms with E-state index in [1.165, 1.54) is 0 Å². The monoisotopic (exact) mass is 382 g/mol. The molecule has 1 fully saturated rings. The molecular weight excluding hydrogens is 348 g/mol. The van der Waals surface area contributed by atoms with E-state index in [0.717, 1.165) is 12.8 Å². The maximum absolute atomic E-state index is 10.7. The van der Waals surface area contributed by atoms with Crippen molar-refractivity contribution in [1.29, 1.82) is 0 Å². The second kappa shape index (κ2) is 8.70. The number of rotatable bonds is 7. The fourth-order valence-electron chi connectivity index (χ4n) is 2.67. The summed E-state index contributed by atoms with van der Waals surface area (Å²) in [6.45, 7) is 18.5. The second-order valence-corrected chi connectivity index (χ2v) is 13.5. The molecule has 1 aliphatic rings. The number of hydrogen-bond acceptors (Lipinski definition) is 4. The van der Waals surface area contributed by atoms with E-state index in [9.17, 15) is 4.79 Å². The van der Waals surface area contributed by atoms with Crippen LogP contribution in [0.2, 0.25) is 18.1 Å². The molecule has 0 bridgehead atoms. The van der Waals surface area contributed by atoms with Gasteiger partial charge in [-0.1, -0.05) is 32.8 Å². The Morgan fingerprint density at radius 3 is 2.50 bits per heavy atom. The average Bonchev–Trinajstić information content (AvgIpc) is 2.77. The molecule has 0 saturated carbocycles. The first kappa shape index (κ1) is 22.9. The first-order valence-electron chi connectivity index (χ1n) is 9.15. The van der Waals surface area contributed by atoms with Crippen LogP contribution >= 0.6 is 0 Å². The number of ether oxygens (including phenoxy) is 2. The zero-order chi connectivity index (χ0) is 20.2. The van der Waals surface area contributed by atoms with Crippen molar-refractivity contribution in [2.45, 2.75) is 96.1 Å². The van der Waals surface area contributed by atoms with E-state index in [1.54, 1.807) is 6.08 Å². The molecule has 6 heteroatoms. The summed E-state index contributed by atoms with van der Waals surface area (Å²) < 4.78 is 18.3. The Morgan fingerprint density at radius 2 is 2.00 bits per heavy atom. The Morgan fingerprint density at radius 1 is 1.38 bits per heavy atom. The number of hydrogen-bond donors (Lipinski definition) is 1. The van der Waals surface area contributed by atoms with Crippen molar-refractivity contribution in [2.75, 3.05) is 0 Å². The minimum Gasteiger partial charge on any atom is -0.472 e. The topological polar surface area (TPSA) is 65.0 Å². The summed E-state index contributed by atoms with van der Waals surface area (Å²) in [4.78, 5) is 10.7. The van der Waals surface area contributed by atoms with E-state index in [1.807, 2.05) is 13.8 Å². The van der Waals surface area contributed by atoms with Crippen LogP contribution < -0.4 is 0 Å². The summed E-state index contributed by atoms with van der Waals surface area (Å²) in [6.07, 6.45) is 3.29. The lowest BCUT2D eigenvalue weighted by Gasteiger charge is -2.39. The molecule has 1 unspecified atom stereocenters. The highest BCUT2D eigenvalue weighted by atomic mass is 28.4. The molecule has 1 N–H and O–H groups in total. The normalized spacial score (nSPS) is 23.8. The van der Waals surface area contributed by atoms with Gasteiger partial charge in [0.25, 0.3) is 0 Å². The highest BCUT2D eigenvalue weighted by Crippen LogP contribution is 2.38. The maximum atomic E-state index is 10.7. The molecule has 1 aliphatic heterocycles. The summed E-state index contributed by atoms with van der Waals surface area (Å²) in [7, 11) is -1.98. The standard InChI is InChI=1S/C20H34O5Si/c1-9-16-17(24-20(5,6)23-16)14-13-15(11-10-12-18(21)22)25-26(7,8)19(2,3)4/h9,15-17H,1,11,13-14H2,2-8H3,(H,21,22)/t15?,16-,17+/m1/s1. The van der Waals surface area contributed by atoms with Gasteiger partial charge in [-0.05, 0) is 44.8 Å². The van der Waals surface area contributed by atoms with Crippen molar-refractivity contribution in [1.82, 2.24) is 0 Å². The Hall–Kier alpha value is -1.13. The van der Waals surface area contributed by atoms with Crippen LogP contribution in [0.3, 0.4) is 0 Å². The number of carboxylic acid groups (broad SMARTS) is 1. The quantitative estimate of drug-likeness (QED) is 0.403. The third kappa shape index (κ3) is 6.88. The molecule has 0 radical (unpaired) electrons. The predicted octanol–water partition coefficient (Wildman–Crippen LogP) is 4.34. The van der Waals surface area contributed by atoms with Gasteiger partial charge >= 0.3 is 5.97 Å². The number of aliphatic carboxylic acids is 1. The molecule has 0 aromatic heterocycles. The van der Waals surface area contributed by atoms with Gasteiger partial charge in [0, 0.05) is 12.3 Å². The van der Waals surface area contributed by atoms with E-state index < -0.39 is 20.1 Å². The van der Waals surface area contributed by atoms with E-state index in [-0.39, 0.29) is 23.4 Å². The summed E-state index contributed by atoms with van der Waals surface area (Å²) in [5, 5.41) is 8.84. The Balaban J connectivity index is 2.81. The van der Waals surface area contributed by atoms with Crippen molar-refractivity contribution >= 4 is 14.3 Å². The van der Waals surface area contributed by atoms with E-state index in [4.69, 9.17) is 19.0 Å². The predicted molar refractivity (Wildman–Crippen MR) is 105 cm³/mol. The van der Waals surface area contributed by atoms with Crippen molar-refractivity contribution in [3.05, 3.63) is 12.7 Å². The van der Waals surface area contributed by atoms with E-state index in [2.05, 4.69) is 52.3 Å². The molecule has 0 aliphatic carbocycles. The van der Waals surface area contributed by atoms with Crippen LogP contribution in [0, 0.1) is 11.8 Å². The fourth-order valence-corrected chi connectivity index (χ4v) is 4.06. The van der Waals surface area contributed by atoms with Gasteiger partial charge in [-0.25, -0.2) is 4.79 Å². The maximum Gasteiger partial charge on any atom is 0.381 e. The Labute approximate surface area is 159 Å². The first-order valence-corrected chi connectivity index (χ1v) is 12.1. The SMILES string of the molecule is C=C[C@H]1OC(C)(C)O[C@H]1CCC(CC#CC(=O)O)O[Si](C)(C)C(C)(C)C. The van der Waals surface area contributed by atoms with Crippen LogP contribution in [-0.4, -0.2) is 43.5 Å². The highest BCUT2D eigenvalue weighted by Gasteiger charge is 2.41. The van der Waals surface area contributed by atoms with Crippen molar-refractivity contribution in [3.8, 4) is 11.8 Å². The molecular formula is C20H34O5Si. The molecule has 1 saturated heterocycles. The smallest absolute Gasteiger partial charge is 0.381 e. The van der Waals surface area contributed by atoms with Gasteiger partial charge < -0.3 is 19.0 Å². The van der Waals surface area contributed by atoms with Crippen LogP contribution in [0.5, 0.6) is 0 Å². The van der Waals surface area contributed by atoms with Gasteiger partial charge in [0.2, 0.25) is 0 Å². The summed E-state index contributed by atoms with van der Waals surface area (Å²) >= 11 is 0. The van der Waals surface area contributed by atoms with Crippen molar-refractivity contribution in [2.24, 2.45) is 0 Å². The van der Waals surface area contributed by atoms with Crippen LogP contribution in [0.25, 0.3) is 0 Å². The van der Waals surface area contributed by atoms with Gasteiger partial charge in [0.05, 0.1) is 12.2 Å². The molecule has 1 heterocycles. The van der Waals surface area contributed by atoms with Crippen molar-refractivity contribution < 1.29 is 23.8 Å². The zero-order valence-corrected chi connectivity index (χ0v) is 18.2. The lowest BCUT2D eigenvalue weighted by Crippen LogP contribution is -2.44. The number of carbonyl (C=O) groups is 1. The highest BCUT2D eigenvalue weighted by molar-refractivity contribution is 6.74. The lowest BCUT2D eigenvalue weighted by molar-refractivity contribution is -0.144. The molecule has 0 spiro atoms. The summed E-state index contributed by atoms with van der Waals surface area (Å²) in [6, 6.07) is 0. The molecule has 148 valence electrons. The van der Waals surface area contributed by atoms with Gasteiger partial charge in [-0.15, -0.1) is 6.58 Å². The van der Waals surface area contributed by atoms with Gasteiger partial charge in [0.15, 0.2) is 14.1 Å². The Bertz CT molecular complexity index is 565. The third-order valence-corrected chi connectivity index (χ3v) is 9.55. The lowest BCUT2D eigenvalue weighted by atomic mass is 10.0. The third-order valence-electron chi connectivity index (χ3n) is 5.02. The Kier molecular flexibility index (Phi) is 7.67. The molecule has 1 rings (SSSR count). The van der Waals surface area contributed by atoms with Gasteiger partial charge in [0.1, 0.15) is 6.10 Å². The van der Waals surface area contributed by atoms with E-state index >= 15 is 0 Å². The number of carboxylic acids is 1. The molecule has 26 heavy (non-hydrogen) atoms. The zero-order valence-electron chi connectivity index (χ0n) is 17.2. The summed E-state index contributed by atoms with van der Waals surface area (Å²) in [5.41, 5.74) is 0. The van der Waals surface area contributed by atoms with Crippen LogP contribution in [-0.2, 0) is 18.7 Å². The fraction of sp³-hybridized carbons (Fsp3) is 0.750. The minimum atomic E-state index is -1.98. The summed E-state index contributed by atoms with van der Waals surface area (Å²) in [5.74, 6) is 3.19. The largest absolute Gasteiger partial charge is 0.472 e. The van der Waals surface area contributed by atoms with E-state index in [0.29, 0.717) is 6.42 Å². The molecule has 3 atom stereocenters. The average molecular weight is 383 g/mol. The molecule has 0 amide bonds. The van der Waals surface area contributed by atoms with Crippen LogP contribution in [0.15, 0.2) is 12.7 Å². The minimum absolute atomic E-state index is 0.0735. The van der Waals surface area contributed by atoms with Gasteiger partial charge in [-0.3, -0.25) is 0 Å². The first-order chi connectivity index (χ1) is 11.8. The van der Waals surface area contributed by atoms with Gasteiger partial charge in [-0.2, -0.15) is 0 Å². The molecule has 0 aromatic carbocycles. The second-order valence-electron chi connectivity index (χ2n) is 8.76. The molecule has 5 nitrogen and oxygen atoms in total. The van der Waals surface area contributed by atoms with Crippen LogP contribution in [0.4, 0.5) is 0 Å². The van der Waals surface area contributed by atoms with Crippen LogP contribution in [0.1, 0.15) is 53.9 Å².